The Hall–Kier alpha value is -1.53. The number of ether oxygens (including phenoxy) is 2. The Morgan fingerprint density at radius 1 is 0.955 bits per heavy atom. The van der Waals surface area contributed by atoms with Crippen LogP contribution in [-0.4, -0.2) is 52.7 Å². The van der Waals surface area contributed by atoms with Crippen molar-refractivity contribution < 1.29 is 19.4 Å². The molecular weight excluding hydrogens is 284 g/mol. The summed E-state index contributed by atoms with van der Waals surface area (Å²) in [6.07, 6.45) is 10.7. The first-order valence-corrected chi connectivity index (χ1v) is 8.17. The van der Waals surface area contributed by atoms with Crippen LogP contribution in [0.5, 0.6) is 0 Å². The van der Waals surface area contributed by atoms with Crippen molar-refractivity contribution in [2.45, 2.75) is 44.2 Å². The van der Waals surface area contributed by atoms with Crippen molar-refractivity contribution in [3.63, 3.8) is 0 Å². The number of nitrogens with zero attached hydrogens (tertiary/aromatic N) is 2. The van der Waals surface area contributed by atoms with Crippen LogP contribution in [0.3, 0.4) is 0 Å². The Balaban J connectivity index is 2.00. The summed E-state index contributed by atoms with van der Waals surface area (Å²) in [6.45, 7) is 3.08. The fourth-order valence-corrected chi connectivity index (χ4v) is 3.75. The van der Waals surface area contributed by atoms with Gasteiger partial charge in [-0.15, -0.1) is 0 Å². The number of hydrogen-bond acceptors (Lipinski definition) is 5. The van der Waals surface area contributed by atoms with E-state index in [1.807, 2.05) is 0 Å². The fraction of sp³-hybridized carbons (Fsp3) is 0.688. The standard InChI is InChI=1S/C16H24N2O4/c19-15(20)16(14-13-21-11-12-22-14,17-7-3-1-4-8-17)18-9-5-2-6-10-18/h11-13H,1-10H2,(H,19,20). The molecule has 122 valence electrons. The van der Waals surface area contributed by atoms with E-state index in [0.29, 0.717) is 5.76 Å². The van der Waals surface area contributed by atoms with Crippen LogP contribution >= 0.6 is 0 Å². The summed E-state index contributed by atoms with van der Waals surface area (Å²) >= 11 is 0. The summed E-state index contributed by atoms with van der Waals surface area (Å²) in [5, 5.41) is 10.2. The summed E-state index contributed by atoms with van der Waals surface area (Å²) in [5.74, 6) is -0.507. The summed E-state index contributed by atoms with van der Waals surface area (Å²) < 4.78 is 10.8. The first kappa shape index (κ1) is 15.4. The second-order valence-corrected chi connectivity index (χ2v) is 6.08. The molecule has 0 aliphatic carbocycles. The van der Waals surface area contributed by atoms with Crippen LogP contribution in [0.2, 0.25) is 0 Å². The van der Waals surface area contributed by atoms with E-state index in [1.54, 1.807) is 0 Å². The maximum atomic E-state index is 12.4. The second-order valence-electron chi connectivity index (χ2n) is 6.08. The van der Waals surface area contributed by atoms with Gasteiger partial charge in [-0.05, 0) is 25.7 Å². The zero-order valence-electron chi connectivity index (χ0n) is 12.9. The van der Waals surface area contributed by atoms with E-state index < -0.39 is 11.6 Å². The third-order valence-corrected chi connectivity index (χ3v) is 4.77. The minimum Gasteiger partial charge on any atom is -0.478 e. The molecule has 0 saturated carbocycles. The molecule has 0 bridgehead atoms. The van der Waals surface area contributed by atoms with Crippen LogP contribution in [0.1, 0.15) is 38.5 Å². The Kier molecular flexibility index (Phi) is 4.69. The number of hydrogen-bond donors (Lipinski definition) is 1. The summed E-state index contributed by atoms with van der Waals surface area (Å²) in [4.78, 5) is 16.5. The van der Waals surface area contributed by atoms with Crippen molar-refractivity contribution in [2.24, 2.45) is 0 Å². The van der Waals surface area contributed by atoms with Crippen LogP contribution in [-0.2, 0) is 14.3 Å². The minimum atomic E-state index is -1.24. The first-order chi connectivity index (χ1) is 10.8. The first-order valence-electron chi connectivity index (χ1n) is 8.17. The van der Waals surface area contributed by atoms with E-state index >= 15 is 0 Å². The molecule has 6 nitrogen and oxygen atoms in total. The van der Waals surface area contributed by atoms with E-state index in [1.165, 1.54) is 18.8 Å². The molecule has 6 heteroatoms. The average Bonchev–Trinajstić information content (AvgIpc) is 2.58. The number of rotatable bonds is 4. The van der Waals surface area contributed by atoms with E-state index in [2.05, 4.69) is 9.80 Å². The molecule has 0 radical (unpaired) electrons. The van der Waals surface area contributed by atoms with Gasteiger partial charge < -0.3 is 14.6 Å². The van der Waals surface area contributed by atoms with Gasteiger partial charge in [-0.25, -0.2) is 4.79 Å². The lowest BCUT2D eigenvalue weighted by molar-refractivity contribution is -0.171. The molecule has 0 spiro atoms. The zero-order chi connectivity index (χ0) is 15.4. The largest absolute Gasteiger partial charge is 0.478 e. The highest BCUT2D eigenvalue weighted by molar-refractivity contribution is 5.82. The van der Waals surface area contributed by atoms with Gasteiger partial charge in [0.1, 0.15) is 18.8 Å². The highest BCUT2D eigenvalue weighted by Crippen LogP contribution is 2.36. The maximum absolute atomic E-state index is 12.4. The molecule has 22 heavy (non-hydrogen) atoms. The van der Waals surface area contributed by atoms with Crippen molar-refractivity contribution in [3.8, 4) is 0 Å². The van der Waals surface area contributed by atoms with E-state index in [9.17, 15) is 9.90 Å². The Labute approximate surface area is 131 Å². The van der Waals surface area contributed by atoms with Crippen LogP contribution < -0.4 is 0 Å². The highest BCUT2D eigenvalue weighted by atomic mass is 16.5. The third kappa shape index (κ3) is 2.61. The monoisotopic (exact) mass is 308 g/mol. The number of carboxylic acids is 1. The predicted molar refractivity (Wildman–Crippen MR) is 80.6 cm³/mol. The molecule has 1 N–H and O–H groups in total. The van der Waals surface area contributed by atoms with Crippen molar-refractivity contribution >= 4 is 5.97 Å². The number of carbonyl (C=O) groups is 1. The van der Waals surface area contributed by atoms with Gasteiger partial charge in [-0.3, -0.25) is 9.80 Å². The van der Waals surface area contributed by atoms with E-state index in [4.69, 9.17) is 9.47 Å². The van der Waals surface area contributed by atoms with Crippen LogP contribution in [0.25, 0.3) is 0 Å². The summed E-state index contributed by atoms with van der Waals surface area (Å²) in [5.41, 5.74) is -1.24. The van der Waals surface area contributed by atoms with Crippen molar-refractivity contribution in [2.75, 3.05) is 26.2 Å². The van der Waals surface area contributed by atoms with Crippen molar-refractivity contribution in [3.05, 3.63) is 24.5 Å². The quantitative estimate of drug-likeness (QED) is 0.858. The van der Waals surface area contributed by atoms with Crippen LogP contribution in [0.15, 0.2) is 24.5 Å². The maximum Gasteiger partial charge on any atom is 0.347 e. The zero-order valence-corrected chi connectivity index (χ0v) is 12.9. The summed E-state index contributed by atoms with van der Waals surface area (Å²) in [7, 11) is 0. The molecule has 0 amide bonds. The Morgan fingerprint density at radius 2 is 1.50 bits per heavy atom. The molecule has 0 aromatic carbocycles. The summed E-state index contributed by atoms with van der Waals surface area (Å²) in [6, 6.07) is 0. The molecular formula is C16H24N2O4. The van der Waals surface area contributed by atoms with Gasteiger partial charge in [-0.2, -0.15) is 0 Å². The van der Waals surface area contributed by atoms with Gasteiger partial charge in [0.2, 0.25) is 5.66 Å². The van der Waals surface area contributed by atoms with Gasteiger partial charge in [0.25, 0.3) is 0 Å². The van der Waals surface area contributed by atoms with E-state index in [-0.39, 0.29) is 0 Å². The number of aliphatic carboxylic acids is 1. The smallest absolute Gasteiger partial charge is 0.347 e. The normalized spacial score (nSPS) is 24.3. The van der Waals surface area contributed by atoms with Gasteiger partial charge in [0, 0.05) is 26.2 Å². The SMILES string of the molecule is O=C(O)C(C1=COC=CO1)(N1CCCCC1)N1CCCCC1. The number of likely N-dealkylation sites (tertiary alicyclic amines) is 2. The fourth-order valence-electron chi connectivity index (χ4n) is 3.75. The predicted octanol–water partition coefficient (Wildman–Crippen LogP) is 2.10. The van der Waals surface area contributed by atoms with E-state index in [0.717, 1.165) is 64.7 Å². The van der Waals surface area contributed by atoms with Gasteiger partial charge in [0.15, 0.2) is 5.76 Å². The molecule has 3 aliphatic heterocycles. The molecule has 0 aromatic heterocycles. The Bertz CT molecular complexity index is 445. The molecule has 3 heterocycles. The minimum absolute atomic E-state index is 0.367. The number of carboxylic acid groups (broad SMARTS) is 1. The lowest BCUT2D eigenvalue weighted by atomic mass is 9.96. The molecule has 3 rings (SSSR count). The molecule has 0 unspecified atom stereocenters. The molecule has 0 aromatic rings. The highest BCUT2D eigenvalue weighted by Gasteiger charge is 2.55. The van der Waals surface area contributed by atoms with Crippen LogP contribution in [0.4, 0.5) is 0 Å². The van der Waals surface area contributed by atoms with Crippen LogP contribution in [0, 0.1) is 0 Å². The molecule has 3 aliphatic rings. The van der Waals surface area contributed by atoms with Gasteiger partial charge in [0.05, 0.1) is 0 Å². The van der Waals surface area contributed by atoms with Gasteiger partial charge >= 0.3 is 5.97 Å². The third-order valence-electron chi connectivity index (χ3n) is 4.77. The Morgan fingerprint density at radius 3 is 1.91 bits per heavy atom. The topological polar surface area (TPSA) is 62.2 Å². The molecule has 0 atom stereocenters. The van der Waals surface area contributed by atoms with Crippen molar-refractivity contribution in [1.82, 2.24) is 9.80 Å². The van der Waals surface area contributed by atoms with Crippen molar-refractivity contribution in [1.29, 1.82) is 0 Å². The van der Waals surface area contributed by atoms with Gasteiger partial charge in [-0.1, -0.05) is 12.8 Å². The second kappa shape index (κ2) is 6.71. The lowest BCUT2D eigenvalue weighted by Gasteiger charge is -2.50. The average molecular weight is 308 g/mol. The molecule has 2 saturated heterocycles. The lowest BCUT2D eigenvalue weighted by Crippen LogP contribution is -2.68. The molecule has 2 fully saturated rings. The number of piperidine rings is 2.